The minimum atomic E-state index is -0.926. The van der Waals surface area contributed by atoms with Gasteiger partial charge in [-0.05, 0) is 48.6 Å². The summed E-state index contributed by atoms with van der Waals surface area (Å²) in [4.78, 5) is 16.6. The van der Waals surface area contributed by atoms with Gasteiger partial charge in [-0.3, -0.25) is 0 Å². The van der Waals surface area contributed by atoms with Crippen LogP contribution in [0.3, 0.4) is 0 Å². The van der Waals surface area contributed by atoms with E-state index in [1.54, 1.807) is 6.07 Å². The van der Waals surface area contributed by atoms with E-state index in [9.17, 15) is 9.90 Å². The lowest BCUT2D eigenvalue weighted by molar-refractivity contribution is 0.0699. The molecule has 25 heavy (non-hydrogen) atoms. The van der Waals surface area contributed by atoms with Gasteiger partial charge in [0.05, 0.1) is 16.8 Å². The van der Waals surface area contributed by atoms with Crippen LogP contribution in [0, 0.1) is 13.8 Å². The van der Waals surface area contributed by atoms with Crippen molar-refractivity contribution in [3.63, 3.8) is 0 Å². The van der Waals surface area contributed by atoms with Crippen molar-refractivity contribution >= 4 is 16.9 Å². The molecule has 0 amide bonds. The zero-order valence-corrected chi connectivity index (χ0v) is 15.3. The van der Waals surface area contributed by atoms with E-state index in [-0.39, 0.29) is 5.41 Å². The predicted molar refractivity (Wildman–Crippen MR) is 102 cm³/mol. The molecule has 1 aromatic heterocycles. The normalized spacial score (nSPS) is 11.7. The molecule has 2 aromatic carbocycles. The van der Waals surface area contributed by atoms with Crippen LogP contribution >= 0.6 is 0 Å². The second kappa shape index (κ2) is 5.99. The van der Waals surface area contributed by atoms with Gasteiger partial charge in [0.2, 0.25) is 0 Å². The van der Waals surface area contributed by atoms with Crippen molar-refractivity contribution < 1.29 is 9.90 Å². The van der Waals surface area contributed by atoms with Crippen LogP contribution in [-0.2, 0) is 5.41 Å². The molecule has 128 valence electrons. The molecule has 3 rings (SSSR count). The van der Waals surface area contributed by atoms with E-state index in [2.05, 4.69) is 26.8 Å². The van der Waals surface area contributed by atoms with E-state index in [0.717, 1.165) is 16.7 Å². The Hall–Kier alpha value is -2.68. The molecule has 0 bridgehead atoms. The largest absolute Gasteiger partial charge is 0.478 e. The first-order valence-corrected chi connectivity index (χ1v) is 8.43. The smallest absolute Gasteiger partial charge is 0.336 e. The third-order valence-electron chi connectivity index (χ3n) is 4.56. The van der Waals surface area contributed by atoms with Gasteiger partial charge in [-0.1, -0.05) is 50.6 Å². The van der Waals surface area contributed by atoms with E-state index in [1.165, 1.54) is 5.56 Å². The van der Waals surface area contributed by atoms with Crippen LogP contribution in [0.25, 0.3) is 22.2 Å². The molecule has 0 aliphatic heterocycles. The van der Waals surface area contributed by atoms with Crippen LogP contribution in [-0.4, -0.2) is 16.1 Å². The highest BCUT2D eigenvalue weighted by molar-refractivity contribution is 6.04. The summed E-state index contributed by atoms with van der Waals surface area (Å²) in [6.07, 6.45) is 0. The third kappa shape index (κ3) is 3.27. The number of hydrogen-bond donors (Lipinski definition) is 1. The second-order valence-corrected chi connectivity index (χ2v) is 7.66. The molecule has 3 aromatic rings. The first-order chi connectivity index (χ1) is 11.7. The number of aromatic carboxylic acids is 1. The van der Waals surface area contributed by atoms with Gasteiger partial charge in [-0.25, -0.2) is 9.78 Å². The number of fused-ring (bicyclic) bond motifs is 1. The molecule has 0 saturated heterocycles. The summed E-state index contributed by atoms with van der Waals surface area (Å²) in [5.74, 6) is -0.926. The van der Waals surface area contributed by atoms with E-state index in [1.807, 2.05) is 44.2 Å². The summed E-state index contributed by atoms with van der Waals surface area (Å²) < 4.78 is 0. The van der Waals surface area contributed by atoms with Crippen molar-refractivity contribution in [1.82, 2.24) is 4.98 Å². The molecular weight excluding hydrogens is 310 g/mol. The topological polar surface area (TPSA) is 50.2 Å². The molecule has 0 fully saturated rings. The molecule has 3 heteroatoms. The van der Waals surface area contributed by atoms with Gasteiger partial charge in [-0.15, -0.1) is 0 Å². The summed E-state index contributed by atoms with van der Waals surface area (Å²) in [5.41, 5.74) is 6.00. The number of carboxylic acid groups (broad SMARTS) is 1. The molecule has 0 saturated carbocycles. The Morgan fingerprint density at radius 1 is 1.00 bits per heavy atom. The van der Waals surface area contributed by atoms with Crippen LogP contribution in [0.5, 0.6) is 0 Å². The van der Waals surface area contributed by atoms with Crippen molar-refractivity contribution in [3.8, 4) is 11.3 Å². The van der Waals surface area contributed by atoms with Gasteiger partial charge in [-0.2, -0.15) is 0 Å². The predicted octanol–water partition coefficient (Wildman–Crippen LogP) is 5.51. The molecule has 3 nitrogen and oxygen atoms in total. The van der Waals surface area contributed by atoms with E-state index in [4.69, 9.17) is 4.98 Å². The lowest BCUT2D eigenvalue weighted by Gasteiger charge is -2.20. The second-order valence-electron chi connectivity index (χ2n) is 7.66. The third-order valence-corrected chi connectivity index (χ3v) is 4.56. The highest BCUT2D eigenvalue weighted by atomic mass is 16.4. The van der Waals surface area contributed by atoms with Crippen LogP contribution in [0.1, 0.15) is 47.8 Å². The minimum Gasteiger partial charge on any atom is -0.478 e. The van der Waals surface area contributed by atoms with Crippen molar-refractivity contribution in [2.45, 2.75) is 40.0 Å². The number of carbonyl (C=O) groups is 1. The number of hydrogen-bond acceptors (Lipinski definition) is 2. The van der Waals surface area contributed by atoms with Gasteiger partial charge < -0.3 is 5.11 Å². The number of rotatable bonds is 2. The monoisotopic (exact) mass is 333 g/mol. The molecule has 1 heterocycles. The fourth-order valence-electron chi connectivity index (χ4n) is 3.11. The highest BCUT2D eigenvalue weighted by Gasteiger charge is 2.18. The Balaban J connectivity index is 2.29. The van der Waals surface area contributed by atoms with Gasteiger partial charge in [0.15, 0.2) is 0 Å². The minimum absolute atomic E-state index is 0.0455. The van der Waals surface area contributed by atoms with Crippen LogP contribution < -0.4 is 0 Å². The fraction of sp³-hybridized carbons (Fsp3) is 0.273. The molecule has 0 atom stereocenters. The van der Waals surface area contributed by atoms with Crippen molar-refractivity contribution in [2.24, 2.45) is 0 Å². The Labute approximate surface area is 148 Å². The maximum atomic E-state index is 11.9. The molecule has 0 unspecified atom stereocenters. The number of pyridine rings is 1. The van der Waals surface area contributed by atoms with Gasteiger partial charge in [0.1, 0.15) is 0 Å². The summed E-state index contributed by atoms with van der Waals surface area (Å²) in [6, 6.07) is 13.7. The molecule has 0 spiro atoms. The molecule has 0 aliphatic rings. The molecular formula is C22H23NO2. The van der Waals surface area contributed by atoms with E-state index < -0.39 is 5.97 Å². The fourth-order valence-corrected chi connectivity index (χ4v) is 3.11. The van der Waals surface area contributed by atoms with Crippen molar-refractivity contribution in [2.75, 3.05) is 0 Å². The number of nitrogens with zero attached hydrogens (tertiary/aromatic N) is 1. The van der Waals surface area contributed by atoms with Gasteiger partial charge in [0.25, 0.3) is 0 Å². The summed E-state index contributed by atoms with van der Waals surface area (Å²) in [5, 5.41) is 10.4. The van der Waals surface area contributed by atoms with E-state index >= 15 is 0 Å². The number of aromatic nitrogens is 1. The summed E-state index contributed by atoms with van der Waals surface area (Å²) in [7, 11) is 0. The zero-order chi connectivity index (χ0) is 18.4. The lowest BCUT2D eigenvalue weighted by atomic mass is 9.85. The van der Waals surface area contributed by atoms with Gasteiger partial charge in [0, 0.05) is 10.9 Å². The Morgan fingerprint density at radius 2 is 1.72 bits per heavy atom. The SMILES string of the molecule is Cc1ccc(-c2cc(C(=O)O)c3cc(C(C)(C)C)ccc3n2)c(C)c1. The maximum absolute atomic E-state index is 11.9. The van der Waals surface area contributed by atoms with E-state index in [0.29, 0.717) is 22.2 Å². The standard InChI is InChI=1S/C22H23NO2/c1-13-6-8-16(14(2)10-13)20-12-18(21(24)25)17-11-15(22(3,4)5)7-9-19(17)23-20/h6-12H,1-5H3,(H,24,25). The van der Waals surface area contributed by atoms with Crippen LogP contribution in [0.4, 0.5) is 0 Å². The Morgan fingerprint density at radius 3 is 2.32 bits per heavy atom. The molecule has 1 N–H and O–H groups in total. The van der Waals surface area contributed by atoms with Crippen molar-refractivity contribution in [3.05, 3.63) is 64.7 Å². The number of benzene rings is 2. The maximum Gasteiger partial charge on any atom is 0.336 e. The summed E-state index contributed by atoms with van der Waals surface area (Å²) in [6.45, 7) is 10.4. The Kier molecular flexibility index (Phi) is 4.11. The average Bonchev–Trinajstić information content (AvgIpc) is 2.52. The lowest BCUT2D eigenvalue weighted by Crippen LogP contribution is -2.11. The quantitative estimate of drug-likeness (QED) is 0.672. The number of carboxylic acids is 1. The average molecular weight is 333 g/mol. The molecule has 0 aliphatic carbocycles. The van der Waals surface area contributed by atoms with Crippen LogP contribution in [0.15, 0.2) is 42.5 Å². The summed E-state index contributed by atoms with van der Waals surface area (Å²) >= 11 is 0. The molecule has 0 radical (unpaired) electrons. The zero-order valence-electron chi connectivity index (χ0n) is 15.3. The van der Waals surface area contributed by atoms with Crippen molar-refractivity contribution in [1.29, 1.82) is 0 Å². The first-order valence-electron chi connectivity index (χ1n) is 8.43. The first kappa shape index (κ1) is 17.2. The number of aryl methyl sites for hydroxylation is 2. The Bertz CT molecular complexity index is 981. The van der Waals surface area contributed by atoms with Crippen LogP contribution in [0.2, 0.25) is 0 Å². The highest BCUT2D eigenvalue weighted by Crippen LogP contribution is 2.31. The van der Waals surface area contributed by atoms with Gasteiger partial charge >= 0.3 is 5.97 Å².